The van der Waals surface area contributed by atoms with Gasteiger partial charge in [0.1, 0.15) is 5.82 Å². The molecule has 1 fully saturated rings. The molecule has 2 rings (SSSR count). The van der Waals surface area contributed by atoms with Crippen LogP contribution in [0.5, 0.6) is 0 Å². The number of anilines is 1. The minimum atomic E-state index is -0.553. The second-order valence-corrected chi connectivity index (χ2v) is 4.63. The Hall–Kier alpha value is -1.16. The number of rotatable bonds is 3. The van der Waals surface area contributed by atoms with Crippen molar-refractivity contribution in [2.24, 2.45) is 0 Å². The zero-order chi connectivity index (χ0) is 11.4. The number of nitrogens with one attached hydrogen (secondary N) is 1. The second-order valence-electron chi connectivity index (χ2n) is 4.63. The molecule has 0 spiro atoms. The number of aryl methyl sites for hydroxylation is 1. The third-order valence-corrected chi connectivity index (χ3v) is 3.25. The van der Waals surface area contributed by atoms with Crippen molar-refractivity contribution in [3.05, 3.63) is 18.1 Å². The van der Waals surface area contributed by atoms with Gasteiger partial charge in [0.2, 0.25) is 0 Å². The molecule has 1 heterocycles. The summed E-state index contributed by atoms with van der Waals surface area (Å²) in [7, 11) is 0. The number of nitrogens with zero attached hydrogens (tertiary/aromatic N) is 2. The monoisotopic (exact) mass is 221 g/mol. The summed E-state index contributed by atoms with van der Waals surface area (Å²) in [4.78, 5) is 8.37. The Labute approximate surface area is 96.1 Å². The molecule has 0 bridgehead atoms. The van der Waals surface area contributed by atoms with E-state index in [9.17, 15) is 5.11 Å². The minimum Gasteiger partial charge on any atom is -0.388 e. The largest absolute Gasteiger partial charge is 0.388 e. The Bertz CT molecular complexity index is 348. The van der Waals surface area contributed by atoms with E-state index in [1.165, 1.54) is 6.42 Å². The van der Waals surface area contributed by atoms with Gasteiger partial charge < -0.3 is 10.4 Å². The van der Waals surface area contributed by atoms with Crippen molar-refractivity contribution in [1.82, 2.24) is 9.97 Å². The summed E-state index contributed by atoms with van der Waals surface area (Å²) in [5, 5.41) is 13.5. The van der Waals surface area contributed by atoms with Crippen LogP contribution in [0.25, 0.3) is 0 Å². The maximum atomic E-state index is 10.3. The van der Waals surface area contributed by atoms with E-state index in [1.807, 2.05) is 6.92 Å². The highest BCUT2D eigenvalue weighted by Crippen LogP contribution is 2.28. The van der Waals surface area contributed by atoms with E-state index < -0.39 is 5.60 Å². The lowest BCUT2D eigenvalue weighted by molar-refractivity contribution is 0.0166. The molecule has 2 N–H and O–H groups in total. The number of aliphatic hydroxyl groups is 1. The molecule has 16 heavy (non-hydrogen) atoms. The van der Waals surface area contributed by atoms with Crippen LogP contribution in [0.2, 0.25) is 0 Å². The first-order valence-electron chi connectivity index (χ1n) is 5.93. The van der Waals surface area contributed by atoms with E-state index in [1.54, 1.807) is 12.4 Å². The van der Waals surface area contributed by atoms with Crippen molar-refractivity contribution in [2.75, 3.05) is 11.9 Å². The van der Waals surface area contributed by atoms with Crippen LogP contribution in [0, 0.1) is 6.92 Å². The molecule has 4 heteroatoms. The maximum absolute atomic E-state index is 10.3. The first-order valence-corrected chi connectivity index (χ1v) is 5.93. The van der Waals surface area contributed by atoms with Gasteiger partial charge in [0.25, 0.3) is 0 Å². The van der Waals surface area contributed by atoms with E-state index in [0.717, 1.165) is 37.2 Å². The van der Waals surface area contributed by atoms with Crippen LogP contribution in [0.1, 0.15) is 37.8 Å². The Morgan fingerprint density at radius 2 is 1.94 bits per heavy atom. The summed E-state index contributed by atoms with van der Waals surface area (Å²) in [6, 6.07) is 0. The highest BCUT2D eigenvalue weighted by molar-refractivity contribution is 5.38. The Morgan fingerprint density at radius 1 is 1.25 bits per heavy atom. The van der Waals surface area contributed by atoms with Gasteiger partial charge in [-0.3, -0.25) is 4.98 Å². The minimum absolute atomic E-state index is 0.553. The number of aromatic nitrogens is 2. The highest BCUT2D eigenvalue weighted by atomic mass is 16.3. The normalized spacial score (nSPS) is 19.4. The number of hydrogen-bond acceptors (Lipinski definition) is 4. The summed E-state index contributed by atoms with van der Waals surface area (Å²) in [6.07, 6.45) is 8.61. The SMILES string of the molecule is Cc1nccnc1NCC1(O)CCCCC1. The van der Waals surface area contributed by atoms with E-state index in [0.29, 0.717) is 6.54 Å². The lowest BCUT2D eigenvalue weighted by atomic mass is 9.85. The quantitative estimate of drug-likeness (QED) is 0.818. The van der Waals surface area contributed by atoms with Crippen molar-refractivity contribution in [3.8, 4) is 0 Å². The van der Waals surface area contributed by atoms with Crippen molar-refractivity contribution in [3.63, 3.8) is 0 Å². The van der Waals surface area contributed by atoms with E-state index in [4.69, 9.17) is 0 Å². The van der Waals surface area contributed by atoms with Crippen molar-refractivity contribution in [2.45, 2.75) is 44.6 Å². The molecule has 1 aliphatic carbocycles. The topological polar surface area (TPSA) is 58.0 Å². The summed E-state index contributed by atoms with van der Waals surface area (Å²) in [6.45, 7) is 2.49. The van der Waals surface area contributed by atoms with Crippen molar-refractivity contribution in [1.29, 1.82) is 0 Å². The average molecular weight is 221 g/mol. The van der Waals surface area contributed by atoms with Gasteiger partial charge in [0.05, 0.1) is 11.3 Å². The lowest BCUT2D eigenvalue weighted by Crippen LogP contribution is -2.39. The molecule has 0 saturated heterocycles. The van der Waals surface area contributed by atoms with Gasteiger partial charge in [-0.2, -0.15) is 0 Å². The summed E-state index contributed by atoms with van der Waals surface area (Å²) >= 11 is 0. The molecular weight excluding hydrogens is 202 g/mol. The van der Waals surface area contributed by atoms with Crippen LogP contribution in [0.3, 0.4) is 0 Å². The molecular formula is C12H19N3O. The molecule has 4 nitrogen and oxygen atoms in total. The smallest absolute Gasteiger partial charge is 0.147 e. The average Bonchev–Trinajstić information content (AvgIpc) is 2.29. The van der Waals surface area contributed by atoms with Crippen LogP contribution < -0.4 is 5.32 Å². The van der Waals surface area contributed by atoms with Crippen LogP contribution in [-0.2, 0) is 0 Å². The first-order chi connectivity index (χ1) is 7.70. The Morgan fingerprint density at radius 3 is 2.62 bits per heavy atom. The predicted octanol–water partition coefficient (Wildman–Crippen LogP) is 1.89. The molecule has 0 aliphatic heterocycles. The highest BCUT2D eigenvalue weighted by Gasteiger charge is 2.28. The fraction of sp³-hybridized carbons (Fsp3) is 0.667. The predicted molar refractivity (Wildman–Crippen MR) is 63.3 cm³/mol. The van der Waals surface area contributed by atoms with E-state index in [2.05, 4.69) is 15.3 Å². The van der Waals surface area contributed by atoms with Gasteiger partial charge in [-0.1, -0.05) is 19.3 Å². The maximum Gasteiger partial charge on any atom is 0.147 e. The van der Waals surface area contributed by atoms with Crippen LogP contribution in [0.15, 0.2) is 12.4 Å². The van der Waals surface area contributed by atoms with E-state index >= 15 is 0 Å². The van der Waals surface area contributed by atoms with Gasteiger partial charge in [-0.25, -0.2) is 4.98 Å². The Kier molecular flexibility index (Phi) is 3.39. The zero-order valence-corrected chi connectivity index (χ0v) is 9.74. The fourth-order valence-electron chi connectivity index (χ4n) is 2.22. The molecule has 88 valence electrons. The Balaban J connectivity index is 1.94. The van der Waals surface area contributed by atoms with Crippen molar-refractivity contribution >= 4 is 5.82 Å². The summed E-state index contributed by atoms with van der Waals surface area (Å²) in [5.41, 5.74) is 0.323. The first kappa shape index (κ1) is 11.3. The zero-order valence-electron chi connectivity index (χ0n) is 9.74. The molecule has 0 aromatic carbocycles. The van der Waals surface area contributed by atoms with Gasteiger partial charge >= 0.3 is 0 Å². The summed E-state index contributed by atoms with van der Waals surface area (Å²) < 4.78 is 0. The molecule has 0 atom stereocenters. The van der Waals surface area contributed by atoms with Crippen LogP contribution >= 0.6 is 0 Å². The standard InChI is InChI=1S/C12H19N3O/c1-10-11(14-8-7-13-10)15-9-12(16)5-3-2-4-6-12/h7-8,16H,2-6,9H2,1H3,(H,14,15). The molecule has 0 unspecified atom stereocenters. The van der Waals surface area contributed by atoms with Crippen LogP contribution in [0.4, 0.5) is 5.82 Å². The third-order valence-electron chi connectivity index (χ3n) is 3.25. The summed E-state index contributed by atoms with van der Waals surface area (Å²) in [5.74, 6) is 0.779. The molecule has 0 radical (unpaired) electrons. The van der Waals surface area contributed by atoms with Gasteiger partial charge in [-0.05, 0) is 19.8 Å². The molecule has 0 amide bonds. The van der Waals surface area contributed by atoms with Crippen molar-refractivity contribution < 1.29 is 5.11 Å². The molecule has 1 aliphatic rings. The second kappa shape index (κ2) is 4.78. The van der Waals surface area contributed by atoms with E-state index in [-0.39, 0.29) is 0 Å². The van der Waals surface area contributed by atoms with Gasteiger partial charge in [-0.15, -0.1) is 0 Å². The number of hydrogen-bond donors (Lipinski definition) is 2. The van der Waals surface area contributed by atoms with Gasteiger partial charge in [0, 0.05) is 18.9 Å². The molecule has 1 aromatic heterocycles. The third kappa shape index (κ3) is 2.70. The molecule has 1 saturated carbocycles. The molecule has 1 aromatic rings. The van der Waals surface area contributed by atoms with Gasteiger partial charge in [0.15, 0.2) is 0 Å². The van der Waals surface area contributed by atoms with Crippen LogP contribution in [-0.4, -0.2) is 27.2 Å². The fourth-order valence-corrected chi connectivity index (χ4v) is 2.22. The lowest BCUT2D eigenvalue weighted by Gasteiger charge is -2.32.